The summed E-state index contributed by atoms with van der Waals surface area (Å²) in [5, 5.41) is 3.06. The molecule has 2 aromatic heterocycles. The van der Waals surface area contributed by atoms with Gasteiger partial charge in [-0.05, 0) is 54.9 Å². The van der Waals surface area contributed by atoms with Crippen molar-refractivity contribution in [3.05, 3.63) is 83.9 Å². The van der Waals surface area contributed by atoms with Gasteiger partial charge in [0.25, 0.3) is 5.56 Å². The molecule has 0 aliphatic carbocycles. The maximum Gasteiger partial charge on any atom is 0.267 e. The molecular weight excluding hydrogens is 505 g/mol. The zero-order valence-corrected chi connectivity index (χ0v) is 21.0. The summed E-state index contributed by atoms with van der Waals surface area (Å²) >= 11 is 22.1. The Bertz CT molecular complexity index is 1380. The molecule has 4 nitrogen and oxygen atoms in total. The number of likely N-dealkylation sites (N-methyl/N-ethyl adjacent to an activating group) is 1. The molecule has 1 aliphatic rings. The lowest BCUT2D eigenvalue weighted by molar-refractivity contribution is 0.318. The van der Waals surface area contributed by atoms with Crippen LogP contribution in [0.2, 0.25) is 15.1 Å². The Morgan fingerprint density at radius 3 is 2.62 bits per heavy atom. The maximum absolute atomic E-state index is 13.8. The first-order chi connectivity index (χ1) is 15.4. The van der Waals surface area contributed by atoms with Crippen molar-refractivity contribution in [2.75, 3.05) is 13.6 Å². The summed E-state index contributed by atoms with van der Waals surface area (Å²) in [5.74, 6) is 0.491. The van der Waals surface area contributed by atoms with Crippen molar-refractivity contribution in [3.8, 4) is 5.69 Å². The summed E-state index contributed by atoms with van der Waals surface area (Å²) in [5.41, 5.74) is 2.58. The van der Waals surface area contributed by atoms with E-state index in [9.17, 15) is 4.79 Å². The Kier molecular flexibility index (Phi) is 6.27. The first kappa shape index (κ1) is 22.3. The molecule has 0 fully saturated rings. The van der Waals surface area contributed by atoms with Gasteiger partial charge >= 0.3 is 0 Å². The van der Waals surface area contributed by atoms with Gasteiger partial charge in [-0.15, -0.1) is 11.3 Å². The van der Waals surface area contributed by atoms with E-state index in [0.717, 1.165) is 40.9 Å². The van der Waals surface area contributed by atoms with Crippen molar-refractivity contribution in [3.63, 3.8) is 0 Å². The van der Waals surface area contributed by atoms with E-state index in [-0.39, 0.29) is 5.56 Å². The highest BCUT2D eigenvalue weighted by atomic mass is 35.5. The minimum Gasteiger partial charge on any atom is -0.301 e. The minimum atomic E-state index is -0.0629. The van der Waals surface area contributed by atoms with Crippen molar-refractivity contribution >= 4 is 68.1 Å². The lowest BCUT2D eigenvalue weighted by Gasteiger charge is -2.21. The van der Waals surface area contributed by atoms with E-state index in [0.29, 0.717) is 31.7 Å². The molecule has 0 saturated heterocycles. The fourth-order valence-corrected chi connectivity index (χ4v) is 7.18. The van der Waals surface area contributed by atoms with Crippen LogP contribution in [-0.2, 0) is 18.7 Å². The second-order valence-electron chi connectivity index (χ2n) is 7.68. The van der Waals surface area contributed by atoms with Gasteiger partial charge in [0.05, 0.1) is 11.1 Å². The molecular formula is C23H18Cl3N3OS2. The van der Waals surface area contributed by atoms with Gasteiger partial charge in [0.1, 0.15) is 4.83 Å². The molecule has 0 amide bonds. The van der Waals surface area contributed by atoms with E-state index >= 15 is 0 Å². The first-order valence-electron chi connectivity index (χ1n) is 10.00. The summed E-state index contributed by atoms with van der Waals surface area (Å²) in [4.78, 5) is 23.0. The number of nitrogens with zero attached hydrogens (tertiary/aromatic N) is 3. The molecule has 5 rings (SSSR count). The predicted molar refractivity (Wildman–Crippen MR) is 136 cm³/mol. The van der Waals surface area contributed by atoms with Crippen LogP contribution >= 0.6 is 57.9 Å². The molecule has 0 saturated carbocycles. The van der Waals surface area contributed by atoms with Gasteiger partial charge in [-0.2, -0.15) is 0 Å². The monoisotopic (exact) mass is 521 g/mol. The van der Waals surface area contributed by atoms with Crippen LogP contribution < -0.4 is 5.56 Å². The average Bonchev–Trinajstić information content (AvgIpc) is 3.11. The molecule has 4 aromatic rings. The fraction of sp³-hybridized carbons (Fsp3) is 0.217. The third-order valence-electron chi connectivity index (χ3n) is 5.51. The smallest absolute Gasteiger partial charge is 0.267 e. The number of hydrogen-bond donors (Lipinski definition) is 0. The Hall–Kier alpha value is -1.54. The van der Waals surface area contributed by atoms with Crippen LogP contribution in [0.1, 0.15) is 16.0 Å². The number of thiophene rings is 1. The third-order valence-corrected chi connectivity index (χ3v) is 8.53. The van der Waals surface area contributed by atoms with Gasteiger partial charge < -0.3 is 4.90 Å². The van der Waals surface area contributed by atoms with E-state index in [1.807, 2.05) is 30.3 Å². The van der Waals surface area contributed by atoms with E-state index < -0.39 is 0 Å². The molecule has 9 heteroatoms. The second kappa shape index (κ2) is 9.01. The highest BCUT2D eigenvalue weighted by Gasteiger charge is 2.24. The number of benzene rings is 2. The molecule has 32 heavy (non-hydrogen) atoms. The number of rotatable bonds is 4. The largest absolute Gasteiger partial charge is 0.301 e. The Balaban J connectivity index is 1.68. The van der Waals surface area contributed by atoms with Crippen molar-refractivity contribution in [2.24, 2.45) is 0 Å². The van der Waals surface area contributed by atoms with Crippen LogP contribution in [0.3, 0.4) is 0 Å². The molecule has 164 valence electrons. The molecule has 0 radical (unpaired) electrons. The van der Waals surface area contributed by atoms with Crippen molar-refractivity contribution in [1.82, 2.24) is 14.5 Å². The molecule has 2 aromatic carbocycles. The molecule has 3 heterocycles. The van der Waals surface area contributed by atoms with Crippen LogP contribution in [0.4, 0.5) is 0 Å². The fourth-order valence-electron chi connectivity index (χ4n) is 3.90. The standard InChI is InChI=1S/C23H18Cl3N3OS2/c1-28-9-8-15-19(11-28)32-21-20(15)22(30)29(14-5-2-4-13(24)10-14)23(27-21)31-12-16-17(25)6-3-7-18(16)26/h2-7,10H,8-9,11-12H2,1H3. The zero-order valence-electron chi connectivity index (χ0n) is 17.1. The van der Waals surface area contributed by atoms with Crippen molar-refractivity contribution in [2.45, 2.75) is 23.9 Å². The van der Waals surface area contributed by atoms with Gasteiger partial charge in [-0.1, -0.05) is 58.7 Å². The summed E-state index contributed by atoms with van der Waals surface area (Å²) in [6.07, 6.45) is 0.847. The average molecular weight is 523 g/mol. The molecule has 0 unspecified atom stereocenters. The van der Waals surface area contributed by atoms with Crippen LogP contribution in [0, 0.1) is 0 Å². The highest BCUT2D eigenvalue weighted by molar-refractivity contribution is 7.98. The lowest BCUT2D eigenvalue weighted by atomic mass is 10.1. The Morgan fingerprint density at radius 2 is 1.88 bits per heavy atom. The number of aromatic nitrogens is 2. The van der Waals surface area contributed by atoms with E-state index in [2.05, 4.69) is 11.9 Å². The summed E-state index contributed by atoms with van der Waals surface area (Å²) in [6, 6.07) is 12.7. The lowest BCUT2D eigenvalue weighted by Crippen LogP contribution is -2.27. The van der Waals surface area contributed by atoms with Crippen molar-refractivity contribution in [1.29, 1.82) is 0 Å². The van der Waals surface area contributed by atoms with Gasteiger partial charge in [-0.25, -0.2) is 4.98 Å². The minimum absolute atomic E-state index is 0.0629. The maximum atomic E-state index is 13.8. The number of hydrogen-bond acceptors (Lipinski definition) is 5. The van der Waals surface area contributed by atoms with Gasteiger partial charge in [0, 0.05) is 38.8 Å². The SMILES string of the molecule is CN1CCc2c(sc3nc(SCc4c(Cl)cccc4Cl)n(-c4cccc(Cl)c4)c(=O)c23)C1. The third kappa shape index (κ3) is 4.09. The summed E-state index contributed by atoms with van der Waals surface area (Å²) in [6.45, 7) is 1.77. The quantitative estimate of drug-likeness (QED) is 0.221. The molecule has 0 spiro atoms. The Morgan fingerprint density at radius 1 is 1.12 bits per heavy atom. The summed E-state index contributed by atoms with van der Waals surface area (Å²) < 4.78 is 1.66. The second-order valence-corrected chi connectivity index (χ2v) is 11.0. The van der Waals surface area contributed by atoms with Crippen LogP contribution in [-0.4, -0.2) is 28.0 Å². The zero-order chi connectivity index (χ0) is 22.4. The topological polar surface area (TPSA) is 38.1 Å². The predicted octanol–water partition coefficient (Wildman–Crippen LogP) is 6.69. The van der Waals surface area contributed by atoms with Crippen molar-refractivity contribution < 1.29 is 0 Å². The summed E-state index contributed by atoms with van der Waals surface area (Å²) in [7, 11) is 2.10. The highest BCUT2D eigenvalue weighted by Crippen LogP contribution is 2.36. The Labute approximate surface area is 208 Å². The van der Waals surface area contributed by atoms with E-state index in [4.69, 9.17) is 39.8 Å². The molecule has 0 bridgehead atoms. The number of fused-ring (bicyclic) bond motifs is 3. The van der Waals surface area contributed by atoms with Crippen LogP contribution in [0.25, 0.3) is 15.9 Å². The molecule has 0 atom stereocenters. The van der Waals surface area contributed by atoms with Gasteiger partial charge in [0.15, 0.2) is 5.16 Å². The number of halogens is 3. The van der Waals surface area contributed by atoms with Crippen LogP contribution in [0.15, 0.2) is 52.4 Å². The molecule has 0 N–H and O–H groups in total. The van der Waals surface area contributed by atoms with Crippen LogP contribution in [0.5, 0.6) is 0 Å². The number of thioether (sulfide) groups is 1. The normalized spacial score (nSPS) is 14.1. The van der Waals surface area contributed by atoms with Gasteiger partial charge in [0.2, 0.25) is 0 Å². The van der Waals surface area contributed by atoms with Gasteiger partial charge in [-0.3, -0.25) is 9.36 Å². The van der Waals surface area contributed by atoms with E-state index in [1.54, 1.807) is 28.0 Å². The first-order valence-corrected chi connectivity index (χ1v) is 12.9. The van der Waals surface area contributed by atoms with E-state index in [1.165, 1.54) is 16.6 Å². The molecule has 1 aliphatic heterocycles.